The van der Waals surface area contributed by atoms with Crippen LogP contribution in [-0.2, 0) is 10.2 Å². The highest BCUT2D eigenvalue weighted by Crippen LogP contribution is 2.41. The van der Waals surface area contributed by atoms with Crippen molar-refractivity contribution in [3.63, 3.8) is 0 Å². The first-order chi connectivity index (χ1) is 15.8. The SMILES string of the molecule is CC(C)CNC1CCN(S(=O)(=O)N2[C@@H]3CC[C@H]2CC(NC(=O)c2cc(C4CC4)on2)C3)CC1. The van der Waals surface area contributed by atoms with E-state index in [9.17, 15) is 13.2 Å². The average Bonchev–Trinajstić information content (AvgIpc) is 3.44. The smallest absolute Gasteiger partial charge is 0.282 e. The summed E-state index contributed by atoms with van der Waals surface area (Å²) in [5, 5.41) is 10.6. The maximum Gasteiger partial charge on any atom is 0.282 e. The number of amides is 1. The molecular formula is C23H37N5O4S. The molecular weight excluding hydrogens is 442 g/mol. The van der Waals surface area contributed by atoms with E-state index in [0.717, 1.165) is 50.8 Å². The van der Waals surface area contributed by atoms with Gasteiger partial charge in [-0.3, -0.25) is 4.79 Å². The summed E-state index contributed by atoms with van der Waals surface area (Å²) in [5.74, 6) is 1.58. The van der Waals surface area contributed by atoms with E-state index in [4.69, 9.17) is 4.52 Å². The van der Waals surface area contributed by atoms with E-state index in [2.05, 4.69) is 29.6 Å². The third-order valence-corrected chi connectivity index (χ3v) is 9.75. The van der Waals surface area contributed by atoms with Gasteiger partial charge in [-0.1, -0.05) is 19.0 Å². The van der Waals surface area contributed by atoms with Crippen molar-refractivity contribution in [2.75, 3.05) is 19.6 Å². The van der Waals surface area contributed by atoms with Crippen molar-refractivity contribution in [1.29, 1.82) is 0 Å². The molecule has 0 aromatic carbocycles. The van der Waals surface area contributed by atoms with Crippen molar-refractivity contribution in [2.45, 2.75) is 95.3 Å². The highest BCUT2D eigenvalue weighted by Gasteiger charge is 2.49. The molecule has 2 bridgehead atoms. The number of piperidine rings is 2. The number of hydrogen-bond acceptors (Lipinski definition) is 6. The first-order valence-corrected chi connectivity index (χ1v) is 14.0. The van der Waals surface area contributed by atoms with Crippen LogP contribution in [0.1, 0.15) is 87.4 Å². The van der Waals surface area contributed by atoms with Gasteiger partial charge in [-0.15, -0.1) is 0 Å². The Morgan fingerprint density at radius 2 is 1.76 bits per heavy atom. The Kier molecular flexibility index (Phi) is 6.54. The Morgan fingerprint density at radius 3 is 2.36 bits per heavy atom. The minimum atomic E-state index is -3.48. The molecule has 10 heteroatoms. The second-order valence-corrected chi connectivity index (χ2v) is 12.6. The van der Waals surface area contributed by atoms with Crippen LogP contribution in [0.4, 0.5) is 0 Å². The number of carbonyl (C=O) groups is 1. The third kappa shape index (κ3) is 4.99. The van der Waals surface area contributed by atoms with Crippen molar-refractivity contribution in [2.24, 2.45) is 5.92 Å². The van der Waals surface area contributed by atoms with Gasteiger partial charge in [0.2, 0.25) is 0 Å². The molecule has 0 radical (unpaired) electrons. The summed E-state index contributed by atoms with van der Waals surface area (Å²) in [4.78, 5) is 12.7. The number of nitrogens with one attached hydrogen (secondary N) is 2. The van der Waals surface area contributed by atoms with Gasteiger partial charge in [0.1, 0.15) is 5.76 Å². The van der Waals surface area contributed by atoms with Gasteiger partial charge in [-0.2, -0.15) is 17.0 Å². The Balaban J connectivity index is 1.16. The molecule has 1 aliphatic carbocycles. The Hall–Kier alpha value is -1.49. The Labute approximate surface area is 196 Å². The minimum absolute atomic E-state index is 0.0338. The molecule has 3 aliphatic heterocycles. The van der Waals surface area contributed by atoms with Crippen molar-refractivity contribution in [3.05, 3.63) is 17.5 Å². The lowest BCUT2D eigenvalue weighted by molar-refractivity contribution is 0.0897. The van der Waals surface area contributed by atoms with Crippen molar-refractivity contribution < 1.29 is 17.7 Å². The van der Waals surface area contributed by atoms with E-state index < -0.39 is 10.2 Å². The molecule has 1 saturated carbocycles. The van der Waals surface area contributed by atoms with Gasteiger partial charge in [0, 0.05) is 49.2 Å². The van der Waals surface area contributed by atoms with Crippen LogP contribution in [0.25, 0.3) is 0 Å². The van der Waals surface area contributed by atoms with Crippen LogP contribution >= 0.6 is 0 Å². The first kappa shape index (κ1) is 23.3. The van der Waals surface area contributed by atoms with Gasteiger partial charge in [0.25, 0.3) is 16.1 Å². The molecule has 33 heavy (non-hydrogen) atoms. The number of hydrogen-bond donors (Lipinski definition) is 2. The fraction of sp³-hybridized carbons (Fsp3) is 0.826. The highest BCUT2D eigenvalue weighted by molar-refractivity contribution is 7.86. The van der Waals surface area contributed by atoms with Crippen LogP contribution in [0.2, 0.25) is 0 Å². The molecule has 5 rings (SSSR count). The fourth-order valence-corrected chi connectivity index (χ4v) is 7.75. The van der Waals surface area contributed by atoms with Crippen LogP contribution < -0.4 is 10.6 Å². The summed E-state index contributed by atoms with van der Waals surface area (Å²) in [5.41, 5.74) is 0.327. The van der Waals surface area contributed by atoms with E-state index >= 15 is 0 Å². The van der Waals surface area contributed by atoms with E-state index in [0.29, 0.717) is 49.5 Å². The minimum Gasteiger partial charge on any atom is -0.360 e. The number of carbonyl (C=O) groups excluding carboxylic acids is 1. The van der Waals surface area contributed by atoms with Gasteiger partial charge in [0.05, 0.1) is 0 Å². The molecule has 184 valence electrons. The lowest BCUT2D eigenvalue weighted by Gasteiger charge is -2.42. The monoisotopic (exact) mass is 479 g/mol. The molecule has 3 saturated heterocycles. The quantitative estimate of drug-likeness (QED) is 0.592. The van der Waals surface area contributed by atoms with E-state index in [1.54, 1.807) is 14.7 Å². The number of nitrogens with zero attached hydrogens (tertiary/aromatic N) is 3. The fourth-order valence-electron chi connectivity index (χ4n) is 5.67. The summed E-state index contributed by atoms with van der Waals surface area (Å²) in [6, 6.07) is 2.02. The van der Waals surface area contributed by atoms with Gasteiger partial charge >= 0.3 is 0 Å². The van der Waals surface area contributed by atoms with E-state index in [-0.39, 0.29) is 24.0 Å². The molecule has 2 N–H and O–H groups in total. The Morgan fingerprint density at radius 1 is 1.09 bits per heavy atom. The summed E-state index contributed by atoms with van der Waals surface area (Å²) >= 11 is 0. The van der Waals surface area contributed by atoms with Crippen LogP contribution in [0.5, 0.6) is 0 Å². The third-order valence-electron chi connectivity index (χ3n) is 7.60. The predicted molar refractivity (Wildman–Crippen MR) is 124 cm³/mol. The molecule has 4 fully saturated rings. The zero-order valence-electron chi connectivity index (χ0n) is 19.7. The number of aromatic nitrogens is 1. The molecule has 0 spiro atoms. The second kappa shape index (κ2) is 9.28. The highest BCUT2D eigenvalue weighted by atomic mass is 32.2. The maximum atomic E-state index is 13.5. The molecule has 1 aromatic heterocycles. The molecule has 1 unspecified atom stereocenters. The summed E-state index contributed by atoms with van der Waals surface area (Å²) in [6.07, 6.45) is 6.93. The standard InChI is InChI=1S/C23H37N5O4S/c1-15(2)14-24-17-7-9-27(10-8-17)33(30,31)28-19-5-6-20(28)12-18(11-19)25-23(29)21-13-22(32-26-21)16-3-4-16/h13,15-20,24H,3-12,14H2,1-2H3,(H,25,29)/t18?,19-,20+. The summed E-state index contributed by atoms with van der Waals surface area (Å²) in [6.45, 7) is 6.49. The average molecular weight is 480 g/mol. The number of fused-ring (bicyclic) bond motifs is 2. The van der Waals surface area contributed by atoms with Crippen molar-refractivity contribution >= 4 is 16.1 Å². The van der Waals surface area contributed by atoms with Gasteiger partial charge < -0.3 is 15.2 Å². The lowest BCUT2D eigenvalue weighted by atomic mass is 9.99. The molecule has 3 atom stereocenters. The van der Waals surface area contributed by atoms with Crippen molar-refractivity contribution in [3.8, 4) is 0 Å². The molecule has 1 aromatic rings. The molecule has 1 amide bonds. The molecule has 4 aliphatic rings. The second-order valence-electron chi connectivity index (χ2n) is 10.7. The van der Waals surface area contributed by atoms with Crippen LogP contribution in [0, 0.1) is 5.92 Å². The maximum absolute atomic E-state index is 13.5. The van der Waals surface area contributed by atoms with Crippen LogP contribution in [-0.4, -0.2) is 71.9 Å². The van der Waals surface area contributed by atoms with E-state index in [1.807, 2.05) is 0 Å². The zero-order chi connectivity index (χ0) is 23.2. The predicted octanol–water partition coefficient (Wildman–Crippen LogP) is 2.23. The summed E-state index contributed by atoms with van der Waals surface area (Å²) < 4.78 is 35.8. The van der Waals surface area contributed by atoms with E-state index in [1.165, 1.54) is 0 Å². The molecule has 4 heterocycles. The normalized spacial score (nSPS) is 29.6. The van der Waals surface area contributed by atoms with Crippen LogP contribution in [0.15, 0.2) is 10.6 Å². The van der Waals surface area contributed by atoms with Gasteiger partial charge in [0.15, 0.2) is 5.69 Å². The first-order valence-electron chi connectivity index (χ1n) is 12.6. The Bertz CT molecular complexity index is 938. The lowest BCUT2D eigenvalue weighted by Crippen LogP contribution is -2.57. The molecule has 9 nitrogen and oxygen atoms in total. The summed E-state index contributed by atoms with van der Waals surface area (Å²) in [7, 11) is -3.48. The largest absolute Gasteiger partial charge is 0.360 e. The van der Waals surface area contributed by atoms with Gasteiger partial charge in [-0.05, 0) is 63.8 Å². The van der Waals surface area contributed by atoms with Gasteiger partial charge in [-0.25, -0.2) is 0 Å². The van der Waals surface area contributed by atoms with Crippen LogP contribution in [0.3, 0.4) is 0 Å². The van der Waals surface area contributed by atoms with Crippen molar-refractivity contribution in [1.82, 2.24) is 24.4 Å². The number of rotatable bonds is 8. The zero-order valence-corrected chi connectivity index (χ0v) is 20.5. The topological polar surface area (TPSA) is 108 Å².